The number of nitrogens with one attached hydrogen (secondary N) is 1. The molecule has 30 heavy (non-hydrogen) atoms. The van der Waals surface area contributed by atoms with Crippen molar-refractivity contribution in [3.63, 3.8) is 0 Å². The maximum Gasteiger partial charge on any atom is 0.270 e. The molecule has 1 aromatic heterocycles. The molecule has 3 aromatic rings. The molecule has 156 valence electrons. The van der Waals surface area contributed by atoms with Gasteiger partial charge in [-0.2, -0.15) is 5.10 Å². The molecule has 1 aliphatic rings. The fraction of sp³-hybridized carbons (Fsp3) is 0.360. The van der Waals surface area contributed by atoms with Gasteiger partial charge in [0.15, 0.2) is 0 Å². The lowest BCUT2D eigenvalue weighted by Crippen LogP contribution is -2.25. The predicted octanol–water partition coefficient (Wildman–Crippen LogP) is 4.52. The molecule has 0 radical (unpaired) electrons. The first-order chi connectivity index (χ1) is 14.7. The normalized spacial score (nSPS) is 13.6. The molecule has 0 aliphatic heterocycles. The summed E-state index contributed by atoms with van der Waals surface area (Å²) in [5.74, 6) is 0.408. The van der Waals surface area contributed by atoms with E-state index in [9.17, 15) is 4.79 Å². The van der Waals surface area contributed by atoms with Gasteiger partial charge in [0.2, 0.25) is 0 Å². The molecule has 4 rings (SSSR count). The molecule has 1 amide bonds. The highest BCUT2D eigenvalue weighted by Crippen LogP contribution is 2.39. The first-order valence-corrected chi connectivity index (χ1v) is 10.9. The van der Waals surface area contributed by atoms with E-state index in [0.717, 1.165) is 49.4 Å². The first-order valence-electron chi connectivity index (χ1n) is 10.9. The van der Waals surface area contributed by atoms with Crippen LogP contribution in [-0.4, -0.2) is 33.7 Å². The molecule has 0 unspecified atom stereocenters. The Morgan fingerprint density at radius 1 is 1.03 bits per heavy atom. The summed E-state index contributed by atoms with van der Waals surface area (Å²) in [4.78, 5) is 15.4. The van der Waals surface area contributed by atoms with Gasteiger partial charge in [-0.05, 0) is 55.3 Å². The number of para-hydroxylation sites is 1. The fourth-order valence-corrected chi connectivity index (χ4v) is 3.65. The van der Waals surface area contributed by atoms with Crippen LogP contribution in [0.5, 0.6) is 0 Å². The van der Waals surface area contributed by atoms with E-state index in [1.54, 1.807) is 4.68 Å². The van der Waals surface area contributed by atoms with Gasteiger partial charge in [0.05, 0.1) is 11.4 Å². The van der Waals surface area contributed by atoms with Crippen LogP contribution in [0.4, 0.5) is 0 Å². The largest absolute Gasteiger partial charge is 0.347 e. The number of benzene rings is 2. The zero-order valence-corrected chi connectivity index (χ0v) is 17.8. The van der Waals surface area contributed by atoms with Crippen molar-refractivity contribution in [1.29, 1.82) is 0 Å². The molecule has 5 nitrogen and oxygen atoms in total. The molecule has 1 aliphatic carbocycles. The zero-order chi connectivity index (χ0) is 20.9. The number of hydrogen-bond acceptors (Lipinski definition) is 3. The maximum absolute atomic E-state index is 13.0. The minimum atomic E-state index is -0.0922. The summed E-state index contributed by atoms with van der Waals surface area (Å²) >= 11 is 0. The summed E-state index contributed by atoms with van der Waals surface area (Å²) in [5.41, 5.74) is 4.92. The molecule has 1 heterocycles. The van der Waals surface area contributed by atoms with Crippen molar-refractivity contribution in [2.75, 3.05) is 13.1 Å². The van der Waals surface area contributed by atoms with Crippen molar-refractivity contribution in [2.24, 2.45) is 0 Å². The van der Waals surface area contributed by atoms with E-state index in [1.165, 1.54) is 5.56 Å². The summed E-state index contributed by atoms with van der Waals surface area (Å²) in [6.07, 6.45) is 2.32. The quantitative estimate of drug-likeness (QED) is 0.572. The van der Waals surface area contributed by atoms with Crippen LogP contribution >= 0.6 is 0 Å². The van der Waals surface area contributed by atoms with Gasteiger partial charge < -0.3 is 5.32 Å². The minimum Gasteiger partial charge on any atom is -0.347 e. The second-order valence-corrected chi connectivity index (χ2v) is 7.94. The Kier molecular flexibility index (Phi) is 6.29. The molecule has 2 aromatic carbocycles. The third kappa shape index (κ3) is 4.79. The number of hydrogen-bond donors (Lipinski definition) is 1. The zero-order valence-electron chi connectivity index (χ0n) is 17.8. The summed E-state index contributed by atoms with van der Waals surface area (Å²) in [5, 5.41) is 7.80. The summed E-state index contributed by atoms with van der Waals surface area (Å²) in [6.45, 7) is 7.92. The molecule has 5 heteroatoms. The summed E-state index contributed by atoms with van der Waals surface area (Å²) in [7, 11) is 0. The third-order valence-electron chi connectivity index (χ3n) is 5.73. The topological polar surface area (TPSA) is 50.2 Å². The van der Waals surface area contributed by atoms with E-state index in [1.807, 2.05) is 36.4 Å². The van der Waals surface area contributed by atoms with Crippen molar-refractivity contribution in [3.05, 3.63) is 83.2 Å². The van der Waals surface area contributed by atoms with E-state index in [0.29, 0.717) is 18.2 Å². The van der Waals surface area contributed by atoms with Gasteiger partial charge in [0.25, 0.3) is 5.91 Å². The lowest BCUT2D eigenvalue weighted by molar-refractivity contribution is 0.0943. The van der Waals surface area contributed by atoms with Crippen LogP contribution < -0.4 is 5.32 Å². The molecular weight excluding hydrogens is 372 g/mol. The molecule has 1 N–H and O–H groups in total. The van der Waals surface area contributed by atoms with Crippen molar-refractivity contribution in [1.82, 2.24) is 20.0 Å². The Morgan fingerprint density at radius 3 is 2.33 bits per heavy atom. The van der Waals surface area contributed by atoms with E-state index >= 15 is 0 Å². The Hall–Kier alpha value is -2.92. The predicted molar refractivity (Wildman–Crippen MR) is 120 cm³/mol. The lowest BCUT2D eigenvalue weighted by Gasteiger charge is -2.18. The van der Waals surface area contributed by atoms with Crippen LogP contribution in [0.1, 0.15) is 59.9 Å². The summed E-state index contributed by atoms with van der Waals surface area (Å²) < 4.78 is 1.77. The van der Waals surface area contributed by atoms with Gasteiger partial charge in [0.1, 0.15) is 5.69 Å². The molecular formula is C25H30N4O. The van der Waals surface area contributed by atoms with Gasteiger partial charge in [-0.15, -0.1) is 0 Å². The minimum absolute atomic E-state index is 0.0922. The standard InChI is InChI=1S/C25H30N4O/c1-3-28(4-2)18-20-12-10-19(11-13-20)17-26-25(30)24-16-23(21-14-15-21)27-29(24)22-8-6-5-7-9-22/h5-13,16,21H,3-4,14-15,17-18H2,1-2H3,(H,26,30). The molecule has 0 bridgehead atoms. The highest BCUT2D eigenvalue weighted by molar-refractivity contribution is 5.93. The molecule has 0 spiro atoms. The highest BCUT2D eigenvalue weighted by Gasteiger charge is 2.29. The number of aromatic nitrogens is 2. The number of nitrogens with zero attached hydrogens (tertiary/aromatic N) is 3. The average molecular weight is 403 g/mol. The van der Waals surface area contributed by atoms with Crippen LogP contribution in [0, 0.1) is 0 Å². The maximum atomic E-state index is 13.0. The summed E-state index contributed by atoms with van der Waals surface area (Å²) in [6, 6.07) is 20.3. The number of carbonyl (C=O) groups excluding carboxylic acids is 1. The smallest absolute Gasteiger partial charge is 0.270 e. The van der Waals surface area contributed by atoms with E-state index in [2.05, 4.69) is 48.3 Å². The number of amides is 1. The Labute approximate surface area is 178 Å². The second kappa shape index (κ2) is 9.26. The van der Waals surface area contributed by atoms with Crippen molar-refractivity contribution in [2.45, 2.75) is 45.7 Å². The molecule has 0 atom stereocenters. The van der Waals surface area contributed by atoms with Gasteiger partial charge in [0, 0.05) is 19.0 Å². The van der Waals surface area contributed by atoms with Crippen LogP contribution in [0.15, 0.2) is 60.7 Å². The van der Waals surface area contributed by atoms with E-state index in [-0.39, 0.29) is 5.91 Å². The van der Waals surface area contributed by atoms with Gasteiger partial charge in [-0.3, -0.25) is 9.69 Å². The average Bonchev–Trinajstić information content (AvgIpc) is 3.55. The van der Waals surface area contributed by atoms with Gasteiger partial charge in [-0.25, -0.2) is 4.68 Å². The van der Waals surface area contributed by atoms with Crippen LogP contribution in [0.3, 0.4) is 0 Å². The van der Waals surface area contributed by atoms with Gasteiger partial charge >= 0.3 is 0 Å². The van der Waals surface area contributed by atoms with Crippen LogP contribution in [0.25, 0.3) is 5.69 Å². The van der Waals surface area contributed by atoms with Crippen LogP contribution in [-0.2, 0) is 13.1 Å². The third-order valence-corrected chi connectivity index (χ3v) is 5.73. The Morgan fingerprint density at radius 2 is 1.70 bits per heavy atom. The first kappa shape index (κ1) is 20.4. The number of carbonyl (C=O) groups is 1. The fourth-order valence-electron chi connectivity index (χ4n) is 3.65. The Bertz CT molecular complexity index is 970. The number of rotatable bonds is 9. The SMILES string of the molecule is CCN(CC)Cc1ccc(CNC(=O)c2cc(C3CC3)nn2-c2ccccc2)cc1. The monoisotopic (exact) mass is 402 g/mol. The van der Waals surface area contributed by atoms with Crippen molar-refractivity contribution < 1.29 is 4.79 Å². The molecule has 1 fully saturated rings. The highest BCUT2D eigenvalue weighted by atomic mass is 16.2. The lowest BCUT2D eigenvalue weighted by atomic mass is 10.1. The van der Waals surface area contributed by atoms with E-state index in [4.69, 9.17) is 5.10 Å². The van der Waals surface area contributed by atoms with Crippen LogP contribution in [0.2, 0.25) is 0 Å². The van der Waals surface area contributed by atoms with E-state index < -0.39 is 0 Å². The molecule has 1 saturated carbocycles. The molecule has 0 saturated heterocycles. The van der Waals surface area contributed by atoms with Crippen molar-refractivity contribution >= 4 is 5.91 Å². The van der Waals surface area contributed by atoms with Crippen molar-refractivity contribution in [3.8, 4) is 5.69 Å². The second-order valence-electron chi connectivity index (χ2n) is 7.94. The van der Waals surface area contributed by atoms with Gasteiger partial charge in [-0.1, -0.05) is 56.3 Å². The Balaban J connectivity index is 1.44.